The van der Waals surface area contributed by atoms with Crippen LogP contribution in [0.5, 0.6) is 0 Å². The van der Waals surface area contributed by atoms with Crippen LogP contribution in [0.4, 0.5) is 0 Å². The molecule has 0 aromatic carbocycles. The first-order chi connectivity index (χ1) is 8.58. The molecule has 0 bridgehead atoms. The number of oxime groups is 1. The highest BCUT2D eigenvalue weighted by molar-refractivity contribution is 6.02. The van der Waals surface area contributed by atoms with E-state index in [0.29, 0.717) is 19.5 Å². The number of nitrogens with two attached hydrogens (primary N) is 1. The van der Waals surface area contributed by atoms with Crippen molar-refractivity contribution in [2.24, 2.45) is 16.8 Å². The predicted octanol–water partition coefficient (Wildman–Crippen LogP) is -0.369. The van der Waals surface area contributed by atoms with Gasteiger partial charge in [-0.15, -0.1) is 0 Å². The van der Waals surface area contributed by atoms with Crippen molar-refractivity contribution in [2.75, 3.05) is 27.3 Å². The minimum absolute atomic E-state index is 0.0580. The molecule has 3 unspecified atom stereocenters. The Morgan fingerprint density at radius 3 is 2.28 bits per heavy atom. The second-order valence-corrected chi connectivity index (χ2v) is 4.28. The van der Waals surface area contributed by atoms with E-state index in [0.717, 1.165) is 0 Å². The SMILES string of the molecule is CCC(C(=O)N1CC(OC)C(OC)C1)C(N)=NO. The van der Waals surface area contributed by atoms with Crippen LogP contribution in [0, 0.1) is 5.92 Å². The number of amidine groups is 1. The molecule has 0 aliphatic carbocycles. The van der Waals surface area contributed by atoms with Gasteiger partial charge in [0.25, 0.3) is 0 Å². The molecule has 18 heavy (non-hydrogen) atoms. The first-order valence-electron chi connectivity index (χ1n) is 5.90. The van der Waals surface area contributed by atoms with Crippen molar-refractivity contribution in [3.8, 4) is 0 Å². The van der Waals surface area contributed by atoms with E-state index in [9.17, 15) is 4.79 Å². The van der Waals surface area contributed by atoms with Gasteiger partial charge in [0.1, 0.15) is 12.2 Å². The third-order valence-corrected chi connectivity index (χ3v) is 3.31. The zero-order chi connectivity index (χ0) is 13.7. The van der Waals surface area contributed by atoms with Gasteiger partial charge in [-0.2, -0.15) is 0 Å². The molecule has 7 nitrogen and oxygen atoms in total. The standard InChI is InChI=1S/C11H21N3O4/c1-4-7(10(12)13-16)11(15)14-5-8(17-2)9(6-14)18-3/h7-9,16H,4-6H2,1-3H3,(H2,12,13). The molecule has 1 amide bonds. The summed E-state index contributed by atoms with van der Waals surface area (Å²) in [7, 11) is 3.18. The van der Waals surface area contributed by atoms with E-state index >= 15 is 0 Å². The van der Waals surface area contributed by atoms with Crippen LogP contribution >= 0.6 is 0 Å². The summed E-state index contributed by atoms with van der Waals surface area (Å²) in [5.41, 5.74) is 5.52. The number of amides is 1. The number of hydrogen-bond acceptors (Lipinski definition) is 5. The third kappa shape index (κ3) is 2.91. The van der Waals surface area contributed by atoms with Gasteiger partial charge in [0.2, 0.25) is 5.91 Å². The number of carbonyl (C=O) groups is 1. The Kier molecular flexibility index (Phi) is 5.36. The van der Waals surface area contributed by atoms with E-state index in [-0.39, 0.29) is 24.0 Å². The van der Waals surface area contributed by atoms with Crippen LogP contribution in [0.15, 0.2) is 5.16 Å². The van der Waals surface area contributed by atoms with Crippen LogP contribution in [0.2, 0.25) is 0 Å². The number of nitrogens with zero attached hydrogens (tertiary/aromatic N) is 2. The summed E-state index contributed by atoms with van der Waals surface area (Å²) in [4.78, 5) is 13.9. The Morgan fingerprint density at radius 2 is 1.94 bits per heavy atom. The summed E-state index contributed by atoms with van der Waals surface area (Å²) in [5, 5.41) is 11.6. The fourth-order valence-electron chi connectivity index (χ4n) is 2.18. The van der Waals surface area contributed by atoms with Crippen molar-refractivity contribution in [2.45, 2.75) is 25.6 Å². The molecule has 0 radical (unpaired) electrons. The molecular weight excluding hydrogens is 238 g/mol. The molecule has 0 aromatic rings. The van der Waals surface area contributed by atoms with E-state index in [4.69, 9.17) is 20.4 Å². The van der Waals surface area contributed by atoms with Gasteiger partial charge < -0.3 is 25.3 Å². The normalized spacial score (nSPS) is 26.4. The number of carbonyl (C=O) groups excluding carboxylic acids is 1. The second-order valence-electron chi connectivity index (χ2n) is 4.28. The summed E-state index contributed by atoms with van der Waals surface area (Å²) in [6.45, 7) is 2.74. The van der Waals surface area contributed by atoms with Crippen LogP contribution in [-0.4, -0.2) is 61.4 Å². The lowest BCUT2D eigenvalue weighted by molar-refractivity contribution is -0.133. The molecule has 0 saturated carbocycles. The molecular formula is C11H21N3O4. The molecule has 1 saturated heterocycles. The van der Waals surface area contributed by atoms with Gasteiger partial charge in [-0.1, -0.05) is 12.1 Å². The first-order valence-corrected chi connectivity index (χ1v) is 5.90. The van der Waals surface area contributed by atoms with Gasteiger partial charge in [0.05, 0.1) is 5.92 Å². The second kappa shape index (κ2) is 6.55. The maximum absolute atomic E-state index is 12.2. The zero-order valence-corrected chi connectivity index (χ0v) is 11.0. The topological polar surface area (TPSA) is 97.4 Å². The molecule has 7 heteroatoms. The third-order valence-electron chi connectivity index (χ3n) is 3.31. The Balaban J connectivity index is 2.73. The predicted molar refractivity (Wildman–Crippen MR) is 65.4 cm³/mol. The zero-order valence-electron chi connectivity index (χ0n) is 11.0. The van der Waals surface area contributed by atoms with E-state index in [2.05, 4.69) is 5.16 Å². The molecule has 1 fully saturated rings. The van der Waals surface area contributed by atoms with Gasteiger partial charge in [-0.05, 0) is 6.42 Å². The first kappa shape index (κ1) is 14.7. The highest BCUT2D eigenvalue weighted by atomic mass is 16.5. The number of methoxy groups -OCH3 is 2. The monoisotopic (exact) mass is 259 g/mol. The fourth-order valence-corrected chi connectivity index (χ4v) is 2.18. The van der Waals surface area contributed by atoms with E-state index in [1.807, 2.05) is 6.92 Å². The smallest absolute Gasteiger partial charge is 0.233 e. The Morgan fingerprint density at radius 1 is 1.44 bits per heavy atom. The van der Waals surface area contributed by atoms with Crippen LogP contribution in [0.1, 0.15) is 13.3 Å². The van der Waals surface area contributed by atoms with Crippen LogP contribution in [0.25, 0.3) is 0 Å². The Hall–Kier alpha value is -1.34. The number of likely N-dealkylation sites (tertiary alicyclic amines) is 1. The quantitative estimate of drug-likeness (QED) is 0.304. The number of rotatable bonds is 5. The molecule has 0 spiro atoms. The number of hydrogen-bond donors (Lipinski definition) is 2. The van der Waals surface area contributed by atoms with Crippen molar-refractivity contribution in [3.63, 3.8) is 0 Å². The largest absolute Gasteiger partial charge is 0.409 e. The van der Waals surface area contributed by atoms with Crippen molar-refractivity contribution in [1.29, 1.82) is 0 Å². The maximum Gasteiger partial charge on any atom is 0.233 e. The molecule has 104 valence electrons. The van der Waals surface area contributed by atoms with Crippen molar-refractivity contribution in [3.05, 3.63) is 0 Å². The minimum Gasteiger partial charge on any atom is -0.409 e. The number of ether oxygens (including phenoxy) is 2. The summed E-state index contributed by atoms with van der Waals surface area (Å²) < 4.78 is 10.5. The lowest BCUT2D eigenvalue weighted by Gasteiger charge is -2.21. The molecule has 3 atom stereocenters. The van der Waals surface area contributed by atoms with Gasteiger partial charge in [0.15, 0.2) is 5.84 Å². The molecule has 1 aliphatic rings. The summed E-state index contributed by atoms with van der Waals surface area (Å²) in [6.07, 6.45) is 0.216. The maximum atomic E-state index is 12.2. The lowest BCUT2D eigenvalue weighted by atomic mass is 10.0. The molecule has 1 aliphatic heterocycles. The highest BCUT2D eigenvalue weighted by Gasteiger charge is 2.38. The average Bonchev–Trinajstić information content (AvgIpc) is 2.82. The highest BCUT2D eigenvalue weighted by Crippen LogP contribution is 2.19. The van der Waals surface area contributed by atoms with Crippen LogP contribution in [-0.2, 0) is 14.3 Å². The van der Waals surface area contributed by atoms with Crippen LogP contribution < -0.4 is 5.73 Å². The van der Waals surface area contributed by atoms with Gasteiger partial charge in [-0.25, -0.2) is 0 Å². The van der Waals surface area contributed by atoms with Crippen molar-refractivity contribution >= 4 is 11.7 Å². The fraction of sp³-hybridized carbons (Fsp3) is 0.818. The van der Waals surface area contributed by atoms with E-state index in [1.165, 1.54) is 0 Å². The summed E-state index contributed by atoms with van der Waals surface area (Å²) >= 11 is 0. The van der Waals surface area contributed by atoms with Crippen molar-refractivity contribution in [1.82, 2.24) is 4.90 Å². The lowest BCUT2D eigenvalue weighted by Crippen LogP contribution is -2.41. The Bertz CT molecular complexity index is 309. The van der Waals surface area contributed by atoms with E-state index in [1.54, 1.807) is 19.1 Å². The van der Waals surface area contributed by atoms with Gasteiger partial charge >= 0.3 is 0 Å². The van der Waals surface area contributed by atoms with E-state index < -0.39 is 5.92 Å². The van der Waals surface area contributed by atoms with Gasteiger partial charge in [-0.3, -0.25) is 4.79 Å². The molecule has 1 rings (SSSR count). The summed E-state index contributed by atoms with van der Waals surface area (Å²) in [5.74, 6) is -0.810. The van der Waals surface area contributed by atoms with Crippen molar-refractivity contribution < 1.29 is 19.5 Å². The molecule has 1 heterocycles. The minimum atomic E-state index is -0.594. The Labute approximate surface area is 107 Å². The average molecular weight is 259 g/mol. The van der Waals surface area contributed by atoms with Gasteiger partial charge in [0, 0.05) is 27.3 Å². The molecule has 3 N–H and O–H groups in total. The molecule has 0 aromatic heterocycles. The van der Waals surface area contributed by atoms with Crippen LogP contribution in [0.3, 0.4) is 0 Å². The summed E-state index contributed by atoms with van der Waals surface area (Å²) in [6, 6.07) is 0.